The van der Waals surface area contributed by atoms with Crippen molar-refractivity contribution in [2.24, 2.45) is 5.92 Å². The lowest BCUT2D eigenvalue weighted by atomic mass is 10.0. The van der Waals surface area contributed by atoms with Crippen molar-refractivity contribution in [1.82, 2.24) is 4.98 Å². The fraction of sp³-hybridized carbons (Fsp3) is 0.368. The molecule has 1 aromatic carbocycles. The number of aromatic nitrogens is 1. The van der Waals surface area contributed by atoms with Crippen LogP contribution < -0.4 is 10.6 Å². The Labute approximate surface area is 138 Å². The zero-order valence-corrected chi connectivity index (χ0v) is 14.3. The van der Waals surface area contributed by atoms with Crippen LogP contribution in [0.25, 0.3) is 0 Å². The maximum absolute atomic E-state index is 12.3. The molecule has 2 N–H and O–H groups in total. The van der Waals surface area contributed by atoms with Crippen LogP contribution in [-0.4, -0.2) is 17.4 Å². The highest BCUT2D eigenvalue weighted by Gasteiger charge is 2.08. The fourth-order valence-electron chi connectivity index (χ4n) is 2.14. The van der Waals surface area contributed by atoms with E-state index in [9.17, 15) is 4.79 Å². The lowest BCUT2D eigenvalue weighted by Gasteiger charge is -2.11. The van der Waals surface area contributed by atoms with Gasteiger partial charge in [0.05, 0.1) is 11.3 Å². The average molecular weight is 311 g/mol. The topological polar surface area (TPSA) is 54.0 Å². The Bertz CT molecular complexity index is 648. The summed E-state index contributed by atoms with van der Waals surface area (Å²) in [5, 5.41) is 6.19. The van der Waals surface area contributed by atoms with E-state index in [0.29, 0.717) is 17.4 Å². The van der Waals surface area contributed by atoms with Crippen LogP contribution in [0.4, 0.5) is 11.4 Å². The number of benzene rings is 1. The molecule has 0 radical (unpaired) electrons. The van der Waals surface area contributed by atoms with Crippen molar-refractivity contribution < 1.29 is 4.79 Å². The molecule has 0 atom stereocenters. The van der Waals surface area contributed by atoms with Crippen molar-refractivity contribution in [3.8, 4) is 0 Å². The third-order valence-corrected chi connectivity index (χ3v) is 3.55. The Hall–Kier alpha value is -2.36. The third kappa shape index (κ3) is 5.09. The van der Waals surface area contributed by atoms with Crippen molar-refractivity contribution in [3.05, 3.63) is 53.9 Å². The Kier molecular flexibility index (Phi) is 5.74. The van der Waals surface area contributed by atoms with Crippen LogP contribution in [-0.2, 0) is 0 Å². The number of anilines is 2. The number of nitrogens with one attached hydrogen (secondary N) is 2. The molecular formula is C19H25N3O. The quantitative estimate of drug-likeness (QED) is 0.824. The molecule has 0 aliphatic heterocycles. The zero-order chi connectivity index (χ0) is 16.8. The van der Waals surface area contributed by atoms with Crippen LogP contribution >= 0.6 is 0 Å². The molecule has 4 nitrogen and oxygen atoms in total. The summed E-state index contributed by atoms with van der Waals surface area (Å²) in [4.78, 5) is 16.5. The minimum absolute atomic E-state index is 0.150. The van der Waals surface area contributed by atoms with Crippen LogP contribution in [0.1, 0.15) is 49.5 Å². The Morgan fingerprint density at radius 2 is 1.74 bits per heavy atom. The number of nitrogens with zero attached hydrogens (tertiary/aromatic N) is 1. The van der Waals surface area contributed by atoms with Crippen molar-refractivity contribution in [2.45, 2.75) is 33.6 Å². The predicted octanol–water partition coefficient (Wildman–Crippen LogP) is 4.53. The first-order valence-electron chi connectivity index (χ1n) is 8.06. The van der Waals surface area contributed by atoms with Gasteiger partial charge in [0.2, 0.25) is 0 Å². The Balaban J connectivity index is 2.04. The standard InChI is InChI=1S/C19H25N3O/c1-13(2)10-21-18-9-16(11-20-12-18)19(23)22-17-7-5-15(6-8-17)14(3)4/h5-9,11-14,21H,10H2,1-4H3,(H,22,23). The first-order valence-corrected chi connectivity index (χ1v) is 8.06. The van der Waals surface area contributed by atoms with Crippen LogP contribution in [0.15, 0.2) is 42.7 Å². The van der Waals surface area contributed by atoms with Gasteiger partial charge in [-0.15, -0.1) is 0 Å². The molecule has 2 rings (SSSR count). The largest absolute Gasteiger partial charge is 0.384 e. The van der Waals surface area contributed by atoms with E-state index in [1.54, 1.807) is 12.4 Å². The summed E-state index contributed by atoms with van der Waals surface area (Å²) in [6.07, 6.45) is 3.31. The lowest BCUT2D eigenvalue weighted by Crippen LogP contribution is -2.13. The predicted molar refractivity (Wildman–Crippen MR) is 96.0 cm³/mol. The molecule has 0 bridgehead atoms. The summed E-state index contributed by atoms with van der Waals surface area (Å²) in [6.45, 7) is 9.42. The van der Waals surface area contributed by atoms with Crippen molar-refractivity contribution in [1.29, 1.82) is 0 Å². The summed E-state index contributed by atoms with van der Waals surface area (Å²) >= 11 is 0. The van der Waals surface area contributed by atoms with Gasteiger partial charge >= 0.3 is 0 Å². The van der Waals surface area contributed by atoms with Gasteiger partial charge in [0.25, 0.3) is 5.91 Å². The van der Waals surface area contributed by atoms with E-state index in [1.807, 2.05) is 30.3 Å². The molecule has 122 valence electrons. The normalized spacial score (nSPS) is 10.9. The SMILES string of the molecule is CC(C)CNc1cncc(C(=O)Nc2ccc(C(C)C)cc2)c1. The lowest BCUT2D eigenvalue weighted by molar-refractivity contribution is 0.102. The second-order valence-electron chi connectivity index (χ2n) is 6.47. The van der Waals surface area contributed by atoms with Gasteiger partial charge in [0.1, 0.15) is 0 Å². The van der Waals surface area contributed by atoms with Crippen LogP contribution in [0.5, 0.6) is 0 Å². The van der Waals surface area contributed by atoms with Gasteiger partial charge in [0.15, 0.2) is 0 Å². The fourth-order valence-corrected chi connectivity index (χ4v) is 2.14. The van der Waals surface area contributed by atoms with E-state index in [0.717, 1.165) is 17.9 Å². The van der Waals surface area contributed by atoms with Gasteiger partial charge in [-0.2, -0.15) is 0 Å². The molecule has 0 unspecified atom stereocenters. The molecular weight excluding hydrogens is 286 g/mol. The van der Waals surface area contributed by atoms with Crippen molar-refractivity contribution in [2.75, 3.05) is 17.2 Å². The summed E-state index contributed by atoms with van der Waals surface area (Å²) in [7, 11) is 0. The Morgan fingerprint density at radius 3 is 2.35 bits per heavy atom. The number of hydrogen-bond acceptors (Lipinski definition) is 3. The molecule has 4 heteroatoms. The molecule has 1 aromatic heterocycles. The van der Waals surface area contributed by atoms with E-state index in [2.05, 4.69) is 43.3 Å². The van der Waals surface area contributed by atoms with Gasteiger partial charge < -0.3 is 10.6 Å². The number of carbonyl (C=O) groups excluding carboxylic acids is 1. The van der Waals surface area contributed by atoms with Crippen LogP contribution in [0.3, 0.4) is 0 Å². The molecule has 0 spiro atoms. The Morgan fingerprint density at radius 1 is 1.04 bits per heavy atom. The van der Waals surface area contributed by atoms with Gasteiger partial charge in [-0.3, -0.25) is 9.78 Å². The number of hydrogen-bond donors (Lipinski definition) is 2. The monoisotopic (exact) mass is 311 g/mol. The number of pyridine rings is 1. The number of amides is 1. The molecule has 0 saturated carbocycles. The summed E-state index contributed by atoms with van der Waals surface area (Å²) < 4.78 is 0. The minimum Gasteiger partial charge on any atom is -0.384 e. The molecule has 0 aliphatic rings. The molecule has 23 heavy (non-hydrogen) atoms. The molecule has 0 aliphatic carbocycles. The van der Waals surface area contributed by atoms with Gasteiger partial charge in [-0.1, -0.05) is 39.8 Å². The highest BCUT2D eigenvalue weighted by molar-refractivity contribution is 6.04. The summed E-state index contributed by atoms with van der Waals surface area (Å²) in [6, 6.07) is 9.77. The second-order valence-corrected chi connectivity index (χ2v) is 6.47. The minimum atomic E-state index is -0.150. The van der Waals surface area contributed by atoms with Crippen molar-refractivity contribution >= 4 is 17.3 Å². The molecule has 0 fully saturated rings. The van der Waals surface area contributed by atoms with E-state index in [4.69, 9.17) is 0 Å². The van der Waals surface area contributed by atoms with Crippen molar-refractivity contribution in [3.63, 3.8) is 0 Å². The molecule has 1 heterocycles. The van der Waals surface area contributed by atoms with Crippen LogP contribution in [0.2, 0.25) is 0 Å². The van der Waals surface area contributed by atoms with Gasteiger partial charge in [0, 0.05) is 24.6 Å². The van der Waals surface area contributed by atoms with E-state index in [1.165, 1.54) is 5.56 Å². The van der Waals surface area contributed by atoms with Gasteiger partial charge in [-0.05, 0) is 35.6 Å². The van der Waals surface area contributed by atoms with Crippen LogP contribution in [0, 0.1) is 5.92 Å². The first-order chi connectivity index (χ1) is 11.0. The van der Waals surface area contributed by atoms with E-state index < -0.39 is 0 Å². The molecule has 1 amide bonds. The average Bonchev–Trinajstić information content (AvgIpc) is 2.53. The first kappa shape index (κ1) is 17.0. The van der Waals surface area contributed by atoms with E-state index in [-0.39, 0.29) is 5.91 Å². The summed E-state index contributed by atoms with van der Waals surface area (Å²) in [5.41, 5.74) is 3.46. The summed E-state index contributed by atoms with van der Waals surface area (Å²) in [5.74, 6) is 0.864. The molecule has 0 saturated heterocycles. The van der Waals surface area contributed by atoms with E-state index >= 15 is 0 Å². The molecule has 2 aromatic rings. The maximum atomic E-state index is 12.3. The van der Waals surface area contributed by atoms with Gasteiger partial charge in [-0.25, -0.2) is 0 Å². The maximum Gasteiger partial charge on any atom is 0.257 e. The number of rotatable bonds is 6. The highest BCUT2D eigenvalue weighted by atomic mass is 16.1. The number of carbonyl (C=O) groups is 1. The second kappa shape index (κ2) is 7.77. The smallest absolute Gasteiger partial charge is 0.257 e. The zero-order valence-electron chi connectivity index (χ0n) is 14.3. The highest BCUT2D eigenvalue weighted by Crippen LogP contribution is 2.18. The third-order valence-electron chi connectivity index (χ3n) is 3.55.